The van der Waals surface area contributed by atoms with Crippen molar-refractivity contribution in [3.63, 3.8) is 0 Å². The van der Waals surface area contributed by atoms with E-state index in [2.05, 4.69) is 114 Å². The average Bonchev–Trinajstić information content (AvgIpc) is 3.71. The van der Waals surface area contributed by atoms with Crippen molar-refractivity contribution in [1.29, 1.82) is 0 Å². The maximum Gasteiger partial charge on any atom is 0.227 e. The third kappa shape index (κ3) is 4.35. The van der Waals surface area contributed by atoms with E-state index in [9.17, 15) is 0 Å². The molecule has 0 aliphatic rings. The van der Waals surface area contributed by atoms with Gasteiger partial charge in [-0.2, -0.15) is 0 Å². The predicted molar refractivity (Wildman–Crippen MR) is 184 cm³/mol. The minimum absolute atomic E-state index is 0.596. The Labute approximate surface area is 259 Å². The highest BCUT2D eigenvalue weighted by Crippen LogP contribution is 2.42. The Hall–Kier alpha value is -6.13. The van der Waals surface area contributed by atoms with E-state index in [4.69, 9.17) is 13.8 Å². The van der Waals surface area contributed by atoms with Gasteiger partial charge in [0.1, 0.15) is 16.7 Å². The molecule has 0 radical (unpaired) electrons. The molecule has 0 bridgehead atoms. The Morgan fingerprint density at radius 1 is 0.422 bits per heavy atom. The molecule has 0 aliphatic heterocycles. The van der Waals surface area contributed by atoms with Crippen molar-refractivity contribution in [1.82, 2.24) is 4.98 Å². The minimum Gasteiger partial charge on any atom is -0.456 e. The molecule has 0 unspecified atom stereocenters. The highest BCUT2D eigenvalue weighted by Gasteiger charge is 2.20. The number of hydrogen-bond acceptors (Lipinski definition) is 4. The van der Waals surface area contributed by atoms with Gasteiger partial charge in [0.05, 0.1) is 5.39 Å². The quantitative estimate of drug-likeness (QED) is 0.204. The molecular weight excluding hydrogens is 552 g/mol. The Balaban J connectivity index is 1.26. The van der Waals surface area contributed by atoms with Crippen LogP contribution >= 0.6 is 0 Å². The number of nitrogens with zero attached hydrogens (tertiary/aromatic N) is 2. The third-order valence-corrected chi connectivity index (χ3v) is 8.46. The zero-order valence-electron chi connectivity index (χ0n) is 24.2. The summed E-state index contributed by atoms with van der Waals surface area (Å²) in [5, 5.41) is 4.34. The molecule has 4 nitrogen and oxygen atoms in total. The topological polar surface area (TPSA) is 42.4 Å². The molecule has 45 heavy (non-hydrogen) atoms. The average molecular weight is 579 g/mol. The summed E-state index contributed by atoms with van der Waals surface area (Å²) in [5.41, 5.74) is 9.56. The van der Waals surface area contributed by atoms with E-state index < -0.39 is 0 Å². The molecule has 0 saturated heterocycles. The number of rotatable bonds is 5. The fourth-order valence-electron chi connectivity index (χ4n) is 6.30. The van der Waals surface area contributed by atoms with Gasteiger partial charge in [-0.1, -0.05) is 91.0 Å². The Bertz CT molecular complexity index is 2490. The van der Waals surface area contributed by atoms with Gasteiger partial charge in [-0.3, -0.25) is 0 Å². The van der Waals surface area contributed by atoms with Crippen molar-refractivity contribution in [2.75, 3.05) is 4.90 Å². The Morgan fingerprint density at radius 3 is 1.91 bits per heavy atom. The first-order valence-electron chi connectivity index (χ1n) is 15.0. The van der Waals surface area contributed by atoms with Crippen LogP contribution in [0.3, 0.4) is 0 Å². The van der Waals surface area contributed by atoms with E-state index in [1.807, 2.05) is 48.5 Å². The Kier molecular flexibility index (Phi) is 5.78. The minimum atomic E-state index is 0.596. The number of oxazole rings is 1. The second-order valence-electron chi connectivity index (χ2n) is 11.2. The SMILES string of the molecule is c1ccc(-c2cccc(N(c3ccc4ccccc4c3)c3ccc4oc5ccc6oc(-c7ccccc7)nc6c5c4c3)c2)cc1. The molecule has 0 N–H and O–H groups in total. The van der Waals surface area contributed by atoms with Crippen LogP contribution in [-0.4, -0.2) is 4.98 Å². The van der Waals surface area contributed by atoms with Crippen molar-refractivity contribution in [3.05, 3.63) is 158 Å². The van der Waals surface area contributed by atoms with Crippen LogP contribution in [0.5, 0.6) is 0 Å². The van der Waals surface area contributed by atoms with Gasteiger partial charge in [-0.15, -0.1) is 0 Å². The molecule has 2 aromatic heterocycles. The first kappa shape index (κ1) is 25.4. The van der Waals surface area contributed by atoms with E-state index in [0.717, 1.165) is 61.2 Å². The maximum atomic E-state index is 6.36. The highest BCUT2D eigenvalue weighted by molar-refractivity contribution is 6.17. The van der Waals surface area contributed by atoms with Crippen LogP contribution in [-0.2, 0) is 0 Å². The monoisotopic (exact) mass is 578 g/mol. The summed E-state index contributed by atoms with van der Waals surface area (Å²) in [6.07, 6.45) is 0. The normalized spacial score (nSPS) is 11.6. The van der Waals surface area contributed by atoms with Crippen LogP contribution in [0.2, 0.25) is 0 Å². The molecule has 9 rings (SSSR count). The van der Waals surface area contributed by atoms with Gasteiger partial charge in [-0.25, -0.2) is 4.98 Å². The molecule has 212 valence electrons. The van der Waals surface area contributed by atoms with Crippen LogP contribution in [0.4, 0.5) is 17.1 Å². The fourth-order valence-corrected chi connectivity index (χ4v) is 6.30. The lowest BCUT2D eigenvalue weighted by atomic mass is 10.0. The molecule has 9 aromatic rings. The van der Waals surface area contributed by atoms with E-state index >= 15 is 0 Å². The molecule has 0 atom stereocenters. The number of anilines is 3. The smallest absolute Gasteiger partial charge is 0.227 e. The molecule has 0 spiro atoms. The summed E-state index contributed by atoms with van der Waals surface area (Å²) >= 11 is 0. The van der Waals surface area contributed by atoms with Crippen LogP contribution in [0.15, 0.2) is 167 Å². The molecule has 0 aliphatic carbocycles. The Morgan fingerprint density at radius 2 is 1.07 bits per heavy atom. The lowest BCUT2D eigenvalue weighted by Gasteiger charge is -2.26. The molecule has 2 heterocycles. The molecule has 0 saturated carbocycles. The van der Waals surface area contributed by atoms with Gasteiger partial charge < -0.3 is 13.7 Å². The standard InChI is InChI=1S/C41H26N2O2/c1-3-10-27(11-4-1)31-16-9-17-32(24-31)43(33-19-18-28-12-7-8-15-30(28)25-33)34-20-21-36-35(26-34)39-37(44-36)22-23-38-40(39)42-41(45-38)29-13-5-2-6-14-29/h1-26H. The summed E-state index contributed by atoms with van der Waals surface area (Å²) < 4.78 is 12.6. The summed E-state index contributed by atoms with van der Waals surface area (Å²) in [6.45, 7) is 0. The van der Waals surface area contributed by atoms with Crippen molar-refractivity contribution in [3.8, 4) is 22.6 Å². The van der Waals surface area contributed by atoms with Crippen LogP contribution in [0.25, 0.3) is 66.4 Å². The zero-order valence-corrected chi connectivity index (χ0v) is 24.2. The zero-order chi connectivity index (χ0) is 29.7. The third-order valence-electron chi connectivity index (χ3n) is 8.46. The number of furan rings is 1. The van der Waals surface area contributed by atoms with Crippen LogP contribution < -0.4 is 4.90 Å². The lowest BCUT2D eigenvalue weighted by molar-refractivity contribution is 0.619. The summed E-state index contributed by atoms with van der Waals surface area (Å²) in [6, 6.07) is 54.6. The highest BCUT2D eigenvalue weighted by atomic mass is 16.4. The molecule has 7 aromatic carbocycles. The number of fused-ring (bicyclic) bond motifs is 6. The summed E-state index contributed by atoms with van der Waals surface area (Å²) in [4.78, 5) is 7.28. The predicted octanol–water partition coefficient (Wildman–Crippen LogP) is 11.7. The van der Waals surface area contributed by atoms with E-state index in [1.54, 1.807) is 0 Å². The van der Waals surface area contributed by atoms with Crippen molar-refractivity contribution in [2.24, 2.45) is 0 Å². The van der Waals surface area contributed by atoms with Crippen molar-refractivity contribution >= 4 is 60.9 Å². The molecule has 4 heteroatoms. The molecular formula is C41H26N2O2. The largest absolute Gasteiger partial charge is 0.456 e. The summed E-state index contributed by atoms with van der Waals surface area (Å²) in [5.74, 6) is 0.596. The van der Waals surface area contributed by atoms with Crippen LogP contribution in [0.1, 0.15) is 0 Å². The first-order valence-corrected chi connectivity index (χ1v) is 15.0. The number of aromatic nitrogens is 1. The second-order valence-corrected chi connectivity index (χ2v) is 11.2. The molecule has 0 amide bonds. The first-order chi connectivity index (χ1) is 22.3. The fraction of sp³-hybridized carbons (Fsp3) is 0. The van der Waals surface area contributed by atoms with Gasteiger partial charge >= 0.3 is 0 Å². The number of hydrogen-bond donors (Lipinski definition) is 0. The van der Waals surface area contributed by atoms with E-state index in [-0.39, 0.29) is 0 Å². The van der Waals surface area contributed by atoms with Gasteiger partial charge in [0.25, 0.3) is 0 Å². The van der Waals surface area contributed by atoms with E-state index in [1.165, 1.54) is 16.3 Å². The number of benzene rings is 7. The molecule has 0 fully saturated rings. The van der Waals surface area contributed by atoms with Crippen molar-refractivity contribution in [2.45, 2.75) is 0 Å². The second kappa shape index (κ2) is 10.2. The van der Waals surface area contributed by atoms with Gasteiger partial charge in [-0.05, 0) is 88.6 Å². The maximum absolute atomic E-state index is 6.36. The van der Waals surface area contributed by atoms with E-state index in [0.29, 0.717) is 5.89 Å². The lowest BCUT2D eigenvalue weighted by Crippen LogP contribution is -2.10. The summed E-state index contributed by atoms with van der Waals surface area (Å²) in [7, 11) is 0. The van der Waals surface area contributed by atoms with Gasteiger partial charge in [0, 0.05) is 28.0 Å². The van der Waals surface area contributed by atoms with Crippen LogP contribution in [0, 0.1) is 0 Å². The van der Waals surface area contributed by atoms with Gasteiger partial charge in [0.2, 0.25) is 5.89 Å². The van der Waals surface area contributed by atoms with Gasteiger partial charge in [0.15, 0.2) is 5.58 Å². The van der Waals surface area contributed by atoms with Crippen molar-refractivity contribution < 1.29 is 8.83 Å².